The number of hydrogen-bond acceptors (Lipinski definition) is 2. The monoisotopic (exact) mass is 421 g/mol. The summed E-state index contributed by atoms with van der Waals surface area (Å²) in [6.07, 6.45) is -1.82. The Kier molecular flexibility index (Phi) is 5.82. The molecule has 30 heavy (non-hydrogen) atoms. The van der Waals surface area contributed by atoms with Gasteiger partial charge in [0.2, 0.25) is 5.91 Å². The number of amides is 1. The minimum Gasteiger partial charge on any atom is -0.371 e. The van der Waals surface area contributed by atoms with E-state index in [0.717, 1.165) is 25.0 Å². The number of carbonyl (C=O) groups is 1. The molecule has 0 bridgehead atoms. The number of hydrogen-bond donors (Lipinski definition) is 0. The third-order valence-corrected chi connectivity index (χ3v) is 5.72. The van der Waals surface area contributed by atoms with E-state index in [-0.39, 0.29) is 5.91 Å². The van der Waals surface area contributed by atoms with Gasteiger partial charge in [0.05, 0.1) is 18.2 Å². The quantitative estimate of drug-likeness (QED) is 0.539. The van der Waals surface area contributed by atoms with Crippen molar-refractivity contribution in [2.75, 3.05) is 13.2 Å². The molecular formula is C23H23F4NO2. The fraction of sp³-hybridized carbons (Fsp3) is 0.435. The molecule has 0 spiro atoms. The SMILES string of the molecule is O=C1CCCN1[C@@H](c1ccc(F)cc1)C(OCC1CC1)c1ccc(C(F)(F)F)cc1. The molecule has 2 aromatic carbocycles. The van der Waals surface area contributed by atoms with Crippen LogP contribution in [-0.2, 0) is 15.7 Å². The lowest BCUT2D eigenvalue weighted by Gasteiger charge is -2.35. The zero-order valence-corrected chi connectivity index (χ0v) is 16.4. The summed E-state index contributed by atoms with van der Waals surface area (Å²) < 4.78 is 58.8. The van der Waals surface area contributed by atoms with Crippen molar-refractivity contribution in [2.45, 2.75) is 44.0 Å². The number of ether oxygens (including phenoxy) is 1. The number of alkyl halides is 3. The molecule has 1 amide bonds. The van der Waals surface area contributed by atoms with Crippen LogP contribution in [-0.4, -0.2) is 24.0 Å². The summed E-state index contributed by atoms with van der Waals surface area (Å²) in [6.45, 7) is 1.01. The van der Waals surface area contributed by atoms with Crippen molar-refractivity contribution in [2.24, 2.45) is 5.92 Å². The van der Waals surface area contributed by atoms with E-state index in [1.165, 1.54) is 24.3 Å². The van der Waals surface area contributed by atoms with Crippen molar-refractivity contribution >= 4 is 5.91 Å². The maximum absolute atomic E-state index is 13.5. The van der Waals surface area contributed by atoms with Crippen LogP contribution in [0.1, 0.15) is 54.5 Å². The topological polar surface area (TPSA) is 29.5 Å². The van der Waals surface area contributed by atoms with Gasteiger partial charge in [-0.2, -0.15) is 13.2 Å². The summed E-state index contributed by atoms with van der Waals surface area (Å²) in [5, 5.41) is 0. The molecule has 0 radical (unpaired) electrons. The van der Waals surface area contributed by atoms with E-state index in [0.29, 0.717) is 43.0 Å². The molecule has 1 heterocycles. The molecule has 7 heteroatoms. The van der Waals surface area contributed by atoms with E-state index in [9.17, 15) is 22.4 Å². The van der Waals surface area contributed by atoms with Crippen molar-refractivity contribution < 1.29 is 27.1 Å². The highest BCUT2D eigenvalue weighted by Gasteiger charge is 2.38. The first-order chi connectivity index (χ1) is 14.3. The van der Waals surface area contributed by atoms with Gasteiger partial charge in [0, 0.05) is 13.0 Å². The van der Waals surface area contributed by atoms with Gasteiger partial charge in [-0.15, -0.1) is 0 Å². The highest BCUT2D eigenvalue weighted by molar-refractivity contribution is 5.78. The highest BCUT2D eigenvalue weighted by atomic mass is 19.4. The minimum absolute atomic E-state index is 0.0312. The Bertz CT molecular complexity index is 876. The van der Waals surface area contributed by atoms with E-state index < -0.39 is 29.7 Å². The van der Waals surface area contributed by atoms with Gasteiger partial charge in [0.15, 0.2) is 0 Å². The average Bonchev–Trinajstić information content (AvgIpc) is 3.45. The summed E-state index contributed by atoms with van der Waals surface area (Å²) in [5.41, 5.74) is 0.535. The second-order valence-electron chi connectivity index (χ2n) is 8.00. The molecule has 3 nitrogen and oxygen atoms in total. The number of nitrogens with zero attached hydrogens (tertiary/aromatic N) is 1. The first kappa shape index (κ1) is 20.8. The van der Waals surface area contributed by atoms with Gasteiger partial charge >= 0.3 is 6.18 Å². The van der Waals surface area contributed by atoms with Gasteiger partial charge in [0.1, 0.15) is 11.9 Å². The van der Waals surface area contributed by atoms with Crippen LogP contribution in [0.25, 0.3) is 0 Å². The Labute approximate surface area is 172 Å². The summed E-state index contributed by atoms with van der Waals surface area (Å²) >= 11 is 0. The fourth-order valence-electron chi connectivity index (χ4n) is 3.90. The zero-order valence-electron chi connectivity index (χ0n) is 16.4. The molecule has 1 saturated heterocycles. The van der Waals surface area contributed by atoms with Crippen molar-refractivity contribution in [3.63, 3.8) is 0 Å². The van der Waals surface area contributed by atoms with E-state index >= 15 is 0 Å². The normalized spacial score (nSPS) is 19.2. The maximum Gasteiger partial charge on any atom is 0.416 e. The Morgan fingerprint density at radius 1 is 1.00 bits per heavy atom. The van der Waals surface area contributed by atoms with Crippen LogP contribution in [0.15, 0.2) is 48.5 Å². The second kappa shape index (κ2) is 8.38. The predicted molar refractivity (Wildman–Crippen MR) is 103 cm³/mol. The molecule has 2 aromatic rings. The molecule has 2 aliphatic rings. The third kappa shape index (κ3) is 4.67. The second-order valence-corrected chi connectivity index (χ2v) is 8.00. The molecule has 4 rings (SSSR count). The first-order valence-corrected chi connectivity index (χ1v) is 10.2. The lowest BCUT2D eigenvalue weighted by atomic mass is 9.93. The molecular weight excluding hydrogens is 398 g/mol. The lowest BCUT2D eigenvalue weighted by Crippen LogP contribution is -2.35. The zero-order chi connectivity index (χ0) is 21.3. The van der Waals surface area contributed by atoms with Gasteiger partial charge in [-0.05, 0) is 60.6 Å². The Balaban J connectivity index is 1.72. The number of rotatable bonds is 7. The molecule has 1 saturated carbocycles. The molecule has 1 aliphatic carbocycles. The van der Waals surface area contributed by atoms with Crippen LogP contribution in [0.3, 0.4) is 0 Å². The Hall–Kier alpha value is -2.41. The molecule has 1 unspecified atom stereocenters. The van der Waals surface area contributed by atoms with Crippen LogP contribution in [0.4, 0.5) is 17.6 Å². The molecule has 2 fully saturated rings. The summed E-state index contributed by atoms with van der Waals surface area (Å²) in [4.78, 5) is 14.3. The Morgan fingerprint density at radius 2 is 1.63 bits per heavy atom. The number of likely N-dealkylation sites (tertiary alicyclic amines) is 1. The van der Waals surface area contributed by atoms with Crippen molar-refractivity contribution in [3.05, 3.63) is 71.0 Å². The number of halogens is 4. The molecule has 0 N–H and O–H groups in total. The lowest BCUT2D eigenvalue weighted by molar-refractivity contribution is -0.137. The highest BCUT2D eigenvalue weighted by Crippen LogP contribution is 2.42. The van der Waals surface area contributed by atoms with Gasteiger partial charge in [-0.3, -0.25) is 4.79 Å². The average molecular weight is 421 g/mol. The van der Waals surface area contributed by atoms with Crippen LogP contribution >= 0.6 is 0 Å². The van der Waals surface area contributed by atoms with Crippen LogP contribution < -0.4 is 0 Å². The van der Waals surface area contributed by atoms with Crippen molar-refractivity contribution in [3.8, 4) is 0 Å². The first-order valence-electron chi connectivity index (χ1n) is 10.2. The van der Waals surface area contributed by atoms with E-state index in [1.54, 1.807) is 17.0 Å². The van der Waals surface area contributed by atoms with E-state index in [1.807, 2.05) is 0 Å². The molecule has 1 aliphatic heterocycles. The third-order valence-electron chi connectivity index (χ3n) is 5.72. The molecule has 0 aromatic heterocycles. The standard InChI is InChI=1S/C23H23F4NO2/c24-19-11-7-16(8-12-19)21(28-13-1-2-20(28)29)22(30-14-15-3-4-15)17-5-9-18(10-6-17)23(25,26)27/h5-12,15,21-22H,1-4,13-14H2/t21-,22?/m0/s1. The van der Waals surface area contributed by atoms with Crippen molar-refractivity contribution in [1.82, 2.24) is 4.90 Å². The van der Waals surface area contributed by atoms with Crippen molar-refractivity contribution in [1.29, 1.82) is 0 Å². The van der Waals surface area contributed by atoms with Crippen LogP contribution in [0.5, 0.6) is 0 Å². The largest absolute Gasteiger partial charge is 0.416 e. The number of benzene rings is 2. The fourth-order valence-corrected chi connectivity index (χ4v) is 3.90. The maximum atomic E-state index is 13.5. The van der Waals surface area contributed by atoms with Gasteiger partial charge in [0.25, 0.3) is 0 Å². The van der Waals surface area contributed by atoms with Gasteiger partial charge in [-0.1, -0.05) is 24.3 Å². The van der Waals surface area contributed by atoms with E-state index in [4.69, 9.17) is 4.74 Å². The van der Waals surface area contributed by atoms with Crippen LogP contribution in [0, 0.1) is 11.7 Å². The Morgan fingerprint density at radius 3 is 2.17 bits per heavy atom. The molecule has 2 atom stereocenters. The minimum atomic E-state index is -4.43. The predicted octanol–water partition coefficient (Wildman–Crippen LogP) is 5.68. The summed E-state index contributed by atoms with van der Waals surface area (Å²) in [5.74, 6) is 0.0107. The summed E-state index contributed by atoms with van der Waals surface area (Å²) in [7, 11) is 0. The van der Waals surface area contributed by atoms with Gasteiger partial charge in [-0.25, -0.2) is 4.39 Å². The molecule has 160 valence electrons. The van der Waals surface area contributed by atoms with Gasteiger partial charge < -0.3 is 9.64 Å². The number of carbonyl (C=O) groups excluding carboxylic acids is 1. The van der Waals surface area contributed by atoms with E-state index in [2.05, 4.69) is 0 Å². The smallest absolute Gasteiger partial charge is 0.371 e. The van der Waals surface area contributed by atoms with Crippen LogP contribution in [0.2, 0.25) is 0 Å². The summed E-state index contributed by atoms with van der Waals surface area (Å²) in [6, 6.07) is 10.3.